The first-order valence-corrected chi connectivity index (χ1v) is 8.44. The first-order valence-electron chi connectivity index (χ1n) is 5.66. The van der Waals surface area contributed by atoms with E-state index in [1.165, 1.54) is 6.07 Å². The fourth-order valence-corrected chi connectivity index (χ4v) is 4.96. The van der Waals surface area contributed by atoms with Gasteiger partial charge in [-0.15, -0.1) is 11.3 Å². The van der Waals surface area contributed by atoms with Crippen molar-refractivity contribution >= 4 is 54.8 Å². The van der Waals surface area contributed by atoms with Crippen molar-refractivity contribution in [3.05, 3.63) is 53.8 Å². The van der Waals surface area contributed by atoms with E-state index in [2.05, 4.69) is 37.2 Å². The number of hydrogen-bond donors (Lipinski definition) is 1. The zero-order valence-corrected chi connectivity index (χ0v) is 14.8. The minimum atomic E-state index is -0.260. The quantitative estimate of drug-likeness (QED) is 0.654. The molecule has 1 aromatic heterocycles. The Balaban J connectivity index is 2.51. The Morgan fingerprint density at radius 2 is 2.05 bits per heavy atom. The molecule has 0 aliphatic carbocycles. The van der Waals surface area contributed by atoms with Crippen molar-refractivity contribution in [1.82, 2.24) is 5.32 Å². The Kier molecular flexibility index (Phi) is 5.43. The Morgan fingerprint density at radius 3 is 2.63 bits per heavy atom. The first kappa shape index (κ1) is 15.4. The predicted molar refractivity (Wildman–Crippen MR) is 86.6 cm³/mol. The molecule has 0 amide bonds. The van der Waals surface area contributed by atoms with Gasteiger partial charge in [-0.3, -0.25) is 0 Å². The molecule has 1 atom stereocenters. The molecule has 0 spiro atoms. The molecule has 102 valence electrons. The molecule has 1 nitrogen and oxygen atoms in total. The summed E-state index contributed by atoms with van der Waals surface area (Å²) >= 11 is 14.5. The number of benzene rings is 1. The highest BCUT2D eigenvalue weighted by Gasteiger charge is 2.21. The topological polar surface area (TPSA) is 12.0 Å². The summed E-state index contributed by atoms with van der Waals surface area (Å²) in [6.07, 6.45) is 0. The molecule has 0 bridgehead atoms. The molecule has 0 saturated carbocycles. The second-order valence-electron chi connectivity index (χ2n) is 3.94. The number of halogens is 4. The number of nitrogens with one attached hydrogen (secondary N) is 1. The first-order chi connectivity index (χ1) is 9.02. The van der Waals surface area contributed by atoms with Gasteiger partial charge in [-0.2, -0.15) is 0 Å². The average molecular weight is 428 g/mol. The molecule has 6 heteroatoms. The van der Waals surface area contributed by atoms with Gasteiger partial charge in [-0.1, -0.05) is 18.5 Å². The molecule has 1 N–H and O–H groups in total. The zero-order chi connectivity index (χ0) is 14.0. The normalized spacial score (nSPS) is 12.7. The molecule has 1 unspecified atom stereocenters. The van der Waals surface area contributed by atoms with Crippen LogP contribution in [-0.2, 0) is 0 Å². The molecular weight excluding hydrogens is 416 g/mol. The van der Waals surface area contributed by atoms with Crippen molar-refractivity contribution in [2.24, 2.45) is 0 Å². The third-order valence-corrected chi connectivity index (χ3v) is 5.29. The van der Waals surface area contributed by atoms with E-state index in [1.807, 2.05) is 13.0 Å². The van der Waals surface area contributed by atoms with Crippen molar-refractivity contribution in [3.63, 3.8) is 0 Å². The highest BCUT2D eigenvalue weighted by atomic mass is 79.9. The van der Waals surface area contributed by atoms with Gasteiger partial charge in [-0.25, -0.2) is 4.39 Å². The lowest BCUT2D eigenvalue weighted by Gasteiger charge is -2.19. The summed E-state index contributed by atoms with van der Waals surface area (Å²) < 4.78 is 16.0. The van der Waals surface area contributed by atoms with Gasteiger partial charge in [-0.05, 0) is 68.2 Å². The van der Waals surface area contributed by atoms with Crippen LogP contribution in [0.3, 0.4) is 0 Å². The van der Waals surface area contributed by atoms with Gasteiger partial charge in [0.25, 0.3) is 0 Å². The number of rotatable bonds is 4. The van der Waals surface area contributed by atoms with Crippen LogP contribution in [0.1, 0.15) is 24.1 Å². The Labute approximate surface area is 137 Å². The van der Waals surface area contributed by atoms with E-state index in [9.17, 15) is 4.39 Å². The third kappa shape index (κ3) is 3.58. The van der Waals surface area contributed by atoms with Crippen LogP contribution in [0.5, 0.6) is 0 Å². The van der Waals surface area contributed by atoms with Crippen LogP contribution in [0, 0.1) is 5.82 Å². The molecular formula is C13H11Br2ClFNS. The van der Waals surface area contributed by atoms with Crippen LogP contribution < -0.4 is 5.32 Å². The van der Waals surface area contributed by atoms with Gasteiger partial charge >= 0.3 is 0 Å². The lowest BCUT2D eigenvalue weighted by molar-refractivity contribution is 0.559. The summed E-state index contributed by atoms with van der Waals surface area (Å²) in [4.78, 5) is 0. The van der Waals surface area contributed by atoms with Crippen LogP contribution in [0.25, 0.3) is 0 Å². The lowest BCUT2D eigenvalue weighted by Crippen LogP contribution is -2.22. The van der Waals surface area contributed by atoms with Gasteiger partial charge in [0.2, 0.25) is 0 Å². The summed E-state index contributed by atoms with van der Waals surface area (Å²) in [6, 6.07) is 6.39. The van der Waals surface area contributed by atoms with Crippen LogP contribution in [0.15, 0.2) is 31.8 Å². The van der Waals surface area contributed by atoms with E-state index >= 15 is 0 Å². The molecule has 0 aliphatic heterocycles. The van der Waals surface area contributed by atoms with Gasteiger partial charge in [0.05, 0.1) is 13.6 Å². The predicted octanol–water partition coefficient (Wildman–Crippen LogP) is 5.76. The van der Waals surface area contributed by atoms with Crippen molar-refractivity contribution in [1.29, 1.82) is 0 Å². The molecule has 2 aromatic rings. The molecule has 19 heavy (non-hydrogen) atoms. The Hall–Kier alpha value is 0.0600. The second kappa shape index (κ2) is 6.68. The average Bonchev–Trinajstić information content (AvgIpc) is 2.69. The Morgan fingerprint density at radius 1 is 1.32 bits per heavy atom. The van der Waals surface area contributed by atoms with E-state index in [0.717, 1.165) is 19.7 Å². The second-order valence-corrected chi connectivity index (χ2v) is 8.12. The number of thiophene rings is 1. The van der Waals surface area contributed by atoms with E-state index in [-0.39, 0.29) is 11.9 Å². The smallest absolute Gasteiger partial charge is 0.128 e. The third-order valence-electron chi connectivity index (χ3n) is 2.67. The SMILES string of the molecule is CCNC(c1cc(Cl)ccc1F)c1cc(Br)sc1Br. The summed E-state index contributed by atoms with van der Waals surface area (Å²) in [5, 5.41) is 3.83. The summed E-state index contributed by atoms with van der Waals surface area (Å²) in [7, 11) is 0. The van der Waals surface area contributed by atoms with Crippen molar-refractivity contribution < 1.29 is 4.39 Å². The van der Waals surface area contributed by atoms with Crippen LogP contribution in [0.4, 0.5) is 4.39 Å². The molecule has 1 aromatic carbocycles. The van der Waals surface area contributed by atoms with Gasteiger partial charge in [0.1, 0.15) is 5.82 Å². The largest absolute Gasteiger partial charge is 0.306 e. The maximum Gasteiger partial charge on any atom is 0.128 e. The maximum atomic E-state index is 14.0. The van der Waals surface area contributed by atoms with E-state index in [1.54, 1.807) is 23.5 Å². The van der Waals surface area contributed by atoms with Gasteiger partial charge in [0.15, 0.2) is 0 Å². The monoisotopic (exact) mass is 425 g/mol. The minimum Gasteiger partial charge on any atom is -0.306 e. The summed E-state index contributed by atoms with van der Waals surface area (Å²) in [5.41, 5.74) is 1.56. The molecule has 2 rings (SSSR count). The Bertz CT molecular complexity index is 588. The maximum absolute atomic E-state index is 14.0. The van der Waals surface area contributed by atoms with Crippen molar-refractivity contribution in [2.75, 3.05) is 6.54 Å². The zero-order valence-electron chi connectivity index (χ0n) is 10.0. The van der Waals surface area contributed by atoms with Crippen molar-refractivity contribution in [3.8, 4) is 0 Å². The highest BCUT2D eigenvalue weighted by Crippen LogP contribution is 2.38. The molecule has 0 saturated heterocycles. The number of hydrogen-bond acceptors (Lipinski definition) is 2. The fraction of sp³-hybridized carbons (Fsp3) is 0.231. The summed E-state index contributed by atoms with van der Waals surface area (Å²) in [5.74, 6) is -0.260. The van der Waals surface area contributed by atoms with Crippen LogP contribution in [-0.4, -0.2) is 6.54 Å². The lowest BCUT2D eigenvalue weighted by atomic mass is 10.0. The van der Waals surface area contributed by atoms with E-state index in [0.29, 0.717) is 10.6 Å². The van der Waals surface area contributed by atoms with Gasteiger partial charge < -0.3 is 5.32 Å². The van der Waals surface area contributed by atoms with E-state index in [4.69, 9.17) is 11.6 Å². The van der Waals surface area contributed by atoms with Gasteiger partial charge in [0, 0.05) is 10.6 Å². The summed E-state index contributed by atoms with van der Waals surface area (Å²) in [6.45, 7) is 2.72. The highest BCUT2D eigenvalue weighted by molar-refractivity contribution is 9.12. The molecule has 1 heterocycles. The van der Waals surface area contributed by atoms with Crippen LogP contribution >= 0.6 is 54.8 Å². The molecule has 0 fully saturated rings. The van der Waals surface area contributed by atoms with E-state index < -0.39 is 0 Å². The fourth-order valence-electron chi connectivity index (χ4n) is 1.88. The van der Waals surface area contributed by atoms with Crippen molar-refractivity contribution in [2.45, 2.75) is 13.0 Å². The molecule has 0 radical (unpaired) electrons. The standard InChI is InChI=1S/C13H11Br2ClFNS/c1-2-18-12(9-6-11(14)19-13(9)15)8-5-7(16)3-4-10(8)17/h3-6,12,18H,2H2,1H3. The van der Waals surface area contributed by atoms with Crippen LogP contribution in [0.2, 0.25) is 5.02 Å². The molecule has 0 aliphatic rings. The minimum absolute atomic E-state index is 0.222.